The smallest absolute Gasteiger partial charge is 0.152 e. The summed E-state index contributed by atoms with van der Waals surface area (Å²) in [5.74, 6) is 1.08. The van der Waals surface area contributed by atoms with E-state index in [4.69, 9.17) is 0 Å². The molecule has 2 aromatic rings. The molecule has 0 unspecified atom stereocenters. The van der Waals surface area contributed by atoms with Crippen LogP contribution in [0.3, 0.4) is 0 Å². The fourth-order valence-electron chi connectivity index (χ4n) is 2.36. The Labute approximate surface area is 132 Å². The molecule has 113 valence electrons. The Kier molecular flexibility index (Phi) is 7.22. The van der Waals surface area contributed by atoms with Gasteiger partial charge < -0.3 is 4.90 Å². The molecule has 0 spiro atoms. The van der Waals surface area contributed by atoms with Crippen LogP contribution in [0, 0.1) is 5.51 Å². The highest BCUT2D eigenvalue weighted by Gasteiger charge is 2.08. The zero-order valence-corrected chi connectivity index (χ0v) is 13.6. The number of hydrogen-bond donors (Lipinski definition) is 0. The molecule has 0 aliphatic carbocycles. The van der Waals surface area contributed by atoms with Crippen LogP contribution in [0.2, 0.25) is 0 Å². The molecule has 0 saturated heterocycles. The fraction of sp³-hybridized carbons (Fsp3) is 0.529. The summed E-state index contributed by atoms with van der Waals surface area (Å²) in [5, 5.41) is 2.08. The molecule has 0 aromatic carbocycles. The standard InChI is InChI=1S/C17H24N3S/c1-2-3-4-5-8-12-20(17-9-6-7-11-18-17)13-10-16-14-21-15-19-16/h6-7,9,11,14H,2-5,8,10,12-13H2,1H3. The number of nitrogens with zero attached hydrogens (tertiary/aromatic N) is 3. The van der Waals surface area contributed by atoms with Crippen LogP contribution >= 0.6 is 11.3 Å². The number of pyridine rings is 1. The van der Waals surface area contributed by atoms with Crippen LogP contribution in [0.15, 0.2) is 29.8 Å². The second kappa shape index (κ2) is 9.50. The summed E-state index contributed by atoms with van der Waals surface area (Å²) in [6.07, 6.45) is 9.36. The van der Waals surface area contributed by atoms with Crippen LogP contribution in [0.4, 0.5) is 5.82 Å². The van der Waals surface area contributed by atoms with E-state index in [1.807, 2.05) is 12.3 Å². The summed E-state index contributed by atoms with van der Waals surface area (Å²) in [4.78, 5) is 11.1. The van der Waals surface area contributed by atoms with Gasteiger partial charge in [-0.3, -0.25) is 0 Å². The van der Waals surface area contributed by atoms with Crippen molar-refractivity contribution in [3.63, 3.8) is 0 Å². The summed E-state index contributed by atoms with van der Waals surface area (Å²) in [7, 11) is 0. The average Bonchev–Trinajstić information content (AvgIpc) is 3.04. The Bertz CT molecular complexity index is 470. The third-order valence-corrected chi connectivity index (χ3v) is 4.17. The van der Waals surface area contributed by atoms with Crippen LogP contribution in [0.5, 0.6) is 0 Å². The van der Waals surface area contributed by atoms with E-state index < -0.39 is 0 Å². The molecule has 0 bridgehead atoms. The third kappa shape index (κ3) is 5.84. The van der Waals surface area contributed by atoms with Gasteiger partial charge in [0.1, 0.15) is 5.82 Å². The van der Waals surface area contributed by atoms with Gasteiger partial charge in [0.05, 0.1) is 5.69 Å². The second-order valence-corrected chi connectivity index (χ2v) is 5.92. The Hall–Kier alpha value is -1.42. The average molecular weight is 302 g/mol. The molecular formula is C17H24N3S. The molecule has 1 radical (unpaired) electrons. The van der Waals surface area contributed by atoms with E-state index in [0.29, 0.717) is 0 Å². The molecule has 3 nitrogen and oxygen atoms in total. The molecule has 2 rings (SSSR count). The Balaban J connectivity index is 1.84. The molecule has 4 heteroatoms. The molecule has 0 aliphatic heterocycles. The van der Waals surface area contributed by atoms with Crippen LogP contribution in [-0.4, -0.2) is 23.1 Å². The van der Waals surface area contributed by atoms with Gasteiger partial charge in [-0.05, 0) is 18.6 Å². The van der Waals surface area contributed by atoms with E-state index in [1.165, 1.54) is 32.1 Å². The highest BCUT2D eigenvalue weighted by Crippen LogP contribution is 2.13. The first-order chi connectivity index (χ1) is 10.4. The third-order valence-electron chi connectivity index (χ3n) is 3.58. The van der Waals surface area contributed by atoms with Crippen molar-refractivity contribution >= 4 is 17.2 Å². The quantitative estimate of drug-likeness (QED) is 0.611. The van der Waals surface area contributed by atoms with Gasteiger partial charge in [-0.1, -0.05) is 38.7 Å². The minimum absolute atomic E-state index is 0.964. The van der Waals surface area contributed by atoms with Gasteiger partial charge in [0, 0.05) is 31.1 Å². The number of rotatable bonds is 10. The topological polar surface area (TPSA) is 29.0 Å². The summed E-state index contributed by atoms with van der Waals surface area (Å²) < 4.78 is 0. The van der Waals surface area contributed by atoms with Gasteiger partial charge in [-0.25, -0.2) is 9.97 Å². The number of aromatic nitrogens is 2. The maximum Gasteiger partial charge on any atom is 0.152 e. The van der Waals surface area contributed by atoms with Gasteiger partial charge in [0.15, 0.2) is 5.51 Å². The fourth-order valence-corrected chi connectivity index (χ4v) is 2.89. The monoisotopic (exact) mass is 302 g/mol. The van der Waals surface area contributed by atoms with Gasteiger partial charge in [-0.15, -0.1) is 11.3 Å². The Morgan fingerprint density at radius 1 is 1.14 bits per heavy atom. The van der Waals surface area contributed by atoms with Crippen molar-refractivity contribution < 1.29 is 0 Å². The van der Waals surface area contributed by atoms with E-state index in [1.54, 1.807) is 11.3 Å². The first-order valence-corrected chi connectivity index (χ1v) is 8.74. The van der Waals surface area contributed by atoms with E-state index >= 15 is 0 Å². The highest BCUT2D eigenvalue weighted by molar-refractivity contribution is 7.07. The zero-order valence-electron chi connectivity index (χ0n) is 12.8. The van der Waals surface area contributed by atoms with Gasteiger partial charge >= 0.3 is 0 Å². The lowest BCUT2D eigenvalue weighted by molar-refractivity contribution is 0.614. The van der Waals surface area contributed by atoms with Crippen molar-refractivity contribution in [2.24, 2.45) is 0 Å². The predicted molar refractivity (Wildman–Crippen MR) is 89.9 cm³/mol. The molecule has 0 atom stereocenters. The molecule has 0 fully saturated rings. The van der Waals surface area contributed by atoms with Crippen LogP contribution in [0.25, 0.3) is 0 Å². The van der Waals surface area contributed by atoms with Crippen molar-refractivity contribution in [3.8, 4) is 0 Å². The second-order valence-electron chi connectivity index (χ2n) is 5.27. The van der Waals surface area contributed by atoms with E-state index in [9.17, 15) is 0 Å². The number of thiazole rings is 1. The molecule has 0 amide bonds. The van der Waals surface area contributed by atoms with Crippen molar-refractivity contribution in [1.82, 2.24) is 9.97 Å². The van der Waals surface area contributed by atoms with Gasteiger partial charge in [-0.2, -0.15) is 0 Å². The number of hydrogen-bond acceptors (Lipinski definition) is 4. The van der Waals surface area contributed by atoms with Gasteiger partial charge in [0.2, 0.25) is 0 Å². The van der Waals surface area contributed by atoms with Crippen molar-refractivity contribution in [3.05, 3.63) is 41.0 Å². The molecule has 0 aliphatic rings. The maximum absolute atomic E-state index is 4.49. The predicted octanol–water partition coefficient (Wildman–Crippen LogP) is 4.36. The Morgan fingerprint density at radius 3 is 2.76 bits per heavy atom. The molecule has 2 heterocycles. The minimum atomic E-state index is 0.964. The first-order valence-electron chi connectivity index (χ1n) is 7.86. The van der Waals surface area contributed by atoms with Crippen LogP contribution < -0.4 is 4.90 Å². The normalized spacial score (nSPS) is 10.7. The molecule has 0 N–H and O–H groups in total. The zero-order chi connectivity index (χ0) is 14.8. The summed E-state index contributed by atoms with van der Waals surface area (Å²) in [5.41, 5.74) is 4.05. The number of anilines is 1. The maximum atomic E-state index is 4.49. The van der Waals surface area contributed by atoms with Crippen molar-refractivity contribution in [1.29, 1.82) is 0 Å². The molecule has 21 heavy (non-hydrogen) atoms. The number of unbranched alkanes of at least 4 members (excludes halogenated alkanes) is 4. The lowest BCUT2D eigenvalue weighted by Crippen LogP contribution is -2.27. The van der Waals surface area contributed by atoms with Crippen LogP contribution in [0.1, 0.15) is 44.7 Å². The van der Waals surface area contributed by atoms with Crippen molar-refractivity contribution in [2.45, 2.75) is 45.4 Å². The summed E-state index contributed by atoms with van der Waals surface area (Å²) >= 11 is 1.54. The Morgan fingerprint density at radius 2 is 2.05 bits per heavy atom. The van der Waals surface area contributed by atoms with Crippen LogP contribution in [-0.2, 0) is 6.42 Å². The molecular weight excluding hydrogens is 278 g/mol. The molecule has 0 saturated carbocycles. The molecule has 2 aromatic heterocycles. The summed E-state index contributed by atoms with van der Waals surface area (Å²) in [6.45, 7) is 4.31. The largest absolute Gasteiger partial charge is 0.356 e. The van der Waals surface area contributed by atoms with Crippen molar-refractivity contribution in [2.75, 3.05) is 18.0 Å². The lowest BCUT2D eigenvalue weighted by Gasteiger charge is -2.23. The first kappa shape index (κ1) is 16.0. The van der Waals surface area contributed by atoms with Gasteiger partial charge in [0.25, 0.3) is 0 Å². The van der Waals surface area contributed by atoms with E-state index in [2.05, 4.69) is 44.8 Å². The van der Waals surface area contributed by atoms with E-state index in [0.717, 1.165) is 31.0 Å². The summed E-state index contributed by atoms with van der Waals surface area (Å²) in [6, 6.07) is 6.13. The lowest BCUT2D eigenvalue weighted by atomic mass is 10.1. The van der Waals surface area contributed by atoms with E-state index in [-0.39, 0.29) is 0 Å². The highest BCUT2D eigenvalue weighted by atomic mass is 32.1. The minimum Gasteiger partial charge on any atom is -0.356 e. The SMILES string of the molecule is CCCCCCCN(CCc1cs[c]n1)c1ccccn1.